The smallest absolute Gasteiger partial charge is 0.408 e. The lowest BCUT2D eigenvalue weighted by atomic mass is 10.1. The first-order valence-electron chi connectivity index (χ1n) is 10.4. The van der Waals surface area contributed by atoms with E-state index in [0.717, 1.165) is 5.56 Å². The summed E-state index contributed by atoms with van der Waals surface area (Å²) in [5, 5.41) is 19.6. The number of phenols is 1. The van der Waals surface area contributed by atoms with Gasteiger partial charge in [-0.05, 0) is 51.0 Å². The van der Waals surface area contributed by atoms with Crippen LogP contribution in [0.25, 0.3) is 11.3 Å². The lowest BCUT2D eigenvalue weighted by Crippen LogP contribution is -2.41. The summed E-state index contributed by atoms with van der Waals surface area (Å²) in [6, 6.07) is 14.4. The maximum Gasteiger partial charge on any atom is 0.408 e. The zero-order valence-corrected chi connectivity index (χ0v) is 19.8. The molecule has 0 saturated heterocycles. The fraction of sp³-hybridized carbons (Fsp3) is 0.292. The number of ether oxygens (including phenoxy) is 2. The van der Waals surface area contributed by atoms with E-state index in [1.54, 1.807) is 31.5 Å². The highest BCUT2D eigenvalue weighted by atomic mass is 32.1. The molecule has 0 saturated carbocycles. The van der Waals surface area contributed by atoms with Crippen LogP contribution in [0.2, 0.25) is 0 Å². The van der Waals surface area contributed by atoms with Crippen LogP contribution < -0.4 is 15.5 Å². The van der Waals surface area contributed by atoms with Gasteiger partial charge in [0.2, 0.25) is 5.13 Å². The van der Waals surface area contributed by atoms with Gasteiger partial charge in [-0.2, -0.15) is 5.10 Å². The van der Waals surface area contributed by atoms with Crippen molar-refractivity contribution in [1.29, 1.82) is 0 Å². The van der Waals surface area contributed by atoms with Gasteiger partial charge in [-0.15, -0.1) is 11.3 Å². The fourth-order valence-electron chi connectivity index (χ4n) is 2.95. The number of hydrogen-bond acceptors (Lipinski definition) is 8. The van der Waals surface area contributed by atoms with Crippen LogP contribution in [0, 0.1) is 0 Å². The Kier molecular flexibility index (Phi) is 7.89. The lowest BCUT2D eigenvalue weighted by Gasteiger charge is -2.22. The molecule has 1 amide bonds. The van der Waals surface area contributed by atoms with Gasteiger partial charge >= 0.3 is 6.09 Å². The number of thiazole rings is 1. The van der Waals surface area contributed by atoms with Crippen molar-refractivity contribution in [3.05, 3.63) is 59.5 Å². The highest BCUT2D eigenvalue weighted by Gasteiger charge is 2.19. The number of hydrogen-bond donors (Lipinski definition) is 3. The van der Waals surface area contributed by atoms with Crippen molar-refractivity contribution in [2.24, 2.45) is 5.10 Å². The van der Waals surface area contributed by atoms with Crippen LogP contribution in [0.4, 0.5) is 9.93 Å². The number of aromatic hydroxyl groups is 1. The predicted molar refractivity (Wildman–Crippen MR) is 131 cm³/mol. The summed E-state index contributed by atoms with van der Waals surface area (Å²) in [5.41, 5.74) is 4.51. The molecule has 9 heteroatoms. The minimum absolute atomic E-state index is 0.112. The molecular formula is C24H28N4O4S. The molecule has 0 spiro atoms. The van der Waals surface area contributed by atoms with Crippen molar-refractivity contribution < 1.29 is 19.4 Å². The zero-order chi connectivity index (χ0) is 23.8. The number of nitrogens with zero attached hydrogens (tertiary/aromatic N) is 2. The van der Waals surface area contributed by atoms with Gasteiger partial charge in [-0.1, -0.05) is 30.3 Å². The summed E-state index contributed by atoms with van der Waals surface area (Å²) in [7, 11) is 1.57. The second-order valence-corrected chi connectivity index (χ2v) is 9.11. The molecule has 0 fully saturated rings. The van der Waals surface area contributed by atoms with E-state index in [2.05, 4.69) is 20.8 Å². The van der Waals surface area contributed by atoms with Gasteiger partial charge < -0.3 is 19.9 Å². The number of aromatic nitrogens is 1. The molecule has 0 bridgehead atoms. The average Bonchev–Trinajstić information content (AvgIpc) is 3.22. The molecular weight excluding hydrogens is 440 g/mol. The van der Waals surface area contributed by atoms with Crippen molar-refractivity contribution in [3.8, 4) is 22.8 Å². The highest BCUT2D eigenvalue weighted by molar-refractivity contribution is 7.14. The highest BCUT2D eigenvalue weighted by Crippen LogP contribution is 2.34. The fourth-order valence-corrected chi connectivity index (χ4v) is 3.61. The van der Waals surface area contributed by atoms with E-state index in [4.69, 9.17) is 9.47 Å². The summed E-state index contributed by atoms with van der Waals surface area (Å²) in [6.45, 7) is 5.44. The van der Waals surface area contributed by atoms with Gasteiger partial charge in [-0.25, -0.2) is 9.78 Å². The Morgan fingerprint density at radius 1 is 1.24 bits per heavy atom. The van der Waals surface area contributed by atoms with Crippen LogP contribution in [-0.4, -0.2) is 41.2 Å². The minimum Gasteiger partial charge on any atom is -0.507 e. The third kappa shape index (κ3) is 7.50. The van der Waals surface area contributed by atoms with Crippen molar-refractivity contribution in [2.45, 2.75) is 38.8 Å². The first kappa shape index (κ1) is 24.1. The van der Waals surface area contributed by atoms with Crippen LogP contribution in [0.1, 0.15) is 26.3 Å². The summed E-state index contributed by atoms with van der Waals surface area (Å²) < 4.78 is 10.6. The number of hydrazone groups is 1. The zero-order valence-electron chi connectivity index (χ0n) is 19.0. The van der Waals surface area contributed by atoms with Gasteiger partial charge in [0, 0.05) is 17.2 Å². The Morgan fingerprint density at radius 2 is 2.00 bits per heavy atom. The maximum atomic E-state index is 12.3. The Morgan fingerprint density at radius 3 is 2.70 bits per heavy atom. The van der Waals surface area contributed by atoms with Crippen LogP contribution >= 0.6 is 11.3 Å². The van der Waals surface area contributed by atoms with Gasteiger partial charge in [-0.3, -0.25) is 5.43 Å². The first-order chi connectivity index (χ1) is 15.7. The number of benzene rings is 2. The van der Waals surface area contributed by atoms with Crippen molar-refractivity contribution in [2.75, 3.05) is 12.5 Å². The number of carbonyl (C=O) groups is 1. The van der Waals surface area contributed by atoms with Crippen molar-refractivity contribution >= 4 is 28.8 Å². The number of anilines is 1. The standard InChI is InChI=1S/C24H28N4O4S/c1-24(2,3)32-23(30)26-17(12-16-8-6-5-7-9-16)14-25-28-22-27-20(15-33-22)19-13-18(31-4)10-11-21(19)29/h5-11,13-15,17,29H,12H2,1-4H3,(H,26,30)(H,27,28)/b25-14+/t17-/m0/s1. The summed E-state index contributed by atoms with van der Waals surface area (Å²) >= 11 is 1.34. The molecule has 1 aromatic heterocycles. The van der Waals surface area contributed by atoms with E-state index >= 15 is 0 Å². The summed E-state index contributed by atoms with van der Waals surface area (Å²) in [5.74, 6) is 0.737. The molecule has 3 N–H and O–H groups in total. The maximum absolute atomic E-state index is 12.3. The Labute approximate surface area is 197 Å². The molecule has 0 aliphatic rings. The number of phenolic OH excluding ortho intramolecular Hbond substituents is 1. The second kappa shape index (κ2) is 10.8. The molecule has 0 unspecified atom stereocenters. The average molecular weight is 469 g/mol. The lowest BCUT2D eigenvalue weighted by molar-refractivity contribution is 0.0519. The number of nitrogens with one attached hydrogen (secondary N) is 2. The second-order valence-electron chi connectivity index (χ2n) is 8.25. The SMILES string of the molecule is COc1ccc(O)c(-c2csc(N/N=C/[C@H](Cc3ccccc3)NC(=O)OC(C)(C)C)n2)c1. The van der Waals surface area contributed by atoms with E-state index in [1.165, 1.54) is 11.3 Å². The summed E-state index contributed by atoms with van der Waals surface area (Å²) in [6.07, 6.45) is 1.65. The number of rotatable bonds is 8. The molecule has 1 atom stereocenters. The molecule has 0 radical (unpaired) electrons. The molecule has 2 aromatic carbocycles. The Bertz CT molecular complexity index is 1090. The summed E-state index contributed by atoms with van der Waals surface area (Å²) in [4.78, 5) is 16.8. The Balaban J connectivity index is 1.69. The number of alkyl carbamates (subject to hydrolysis) is 1. The topological polar surface area (TPSA) is 105 Å². The van der Waals surface area contributed by atoms with E-state index in [1.807, 2.05) is 56.5 Å². The van der Waals surface area contributed by atoms with E-state index in [9.17, 15) is 9.90 Å². The largest absolute Gasteiger partial charge is 0.507 e. The first-order valence-corrected chi connectivity index (χ1v) is 11.3. The minimum atomic E-state index is -0.597. The quantitative estimate of drug-likeness (QED) is 0.315. The molecule has 174 valence electrons. The van der Waals surface area contributed by atoms with Gasteiger partial charge in [0.1, 0.15) is 17.1 Å². The third-order valence-electron chi connectivity index (χ3n) is 4.40. The number of methoxy groups -OCH3 is 1. The van der Waals surface area contributed by atoms with Crippen LogP contribution in [0.15, 0.2) is 59.0 Å². The van der Waals surface area contributed by atoms with Gasteiger partial charge in [0.25, 0.3) is 0 Å². The predicted octanol–water partition coefficient (Wildman–Crippen LogP) is 5.06. The molecule has 33 heavy (non-hydrogen) atoms. The monoisotopic (exact) mass is 468 g/mol. The molecule has 0 aliphatic heterocycles. The normalized spacial score (nSPS) is 12.4. The van der Waals surface area contributed by atoms with Crippen LogP contribution in [0.5, 0.6) is 11.5 Å². The molecule has 1 heterocycles. The third-order valence-corrected chi connectivity index (χ3v) is 5.15. The molecule has 8 nitrogen and oxygen atoms in total. The Hall–Kier alpha value is -3.59. The van der Waals surface area contributed by atoms with Gasteiger partial charge in [0.05, 0.1) is 18.8 Å². The molecule has 0 aliphatic carbocycles. The molecule has 3 aromatic rings. The van der Waals surface area contributed by atoms with E-state index < -0.39 is 17.7 Å². The van der Waals surface area contributed by atoms with E-state index in [-0.39, 0.29) is 5.75 Å². The van der Waals surface area contributed by atoms with Crippen LogP contribution in [-0.2, 0) is 11.2 Å². The molecule has 3 rings (SSSR count). The van der Waals surface area contributed by atoms with Crippen molar-refractivity contribution in [1.82, 2.24) is 10.3 Å². The van der Waals surface area contributed by atoms with Crippen LogP contribution in [0.3, 0.4) is 0 Å². The van der Waals surface area contributed by atoms with Crippen molar-refractivity contribution in [3.63, 3.8) is 0 Å². The van der Waals surface area contributed by atoms with Gasteiger partial charge in [0.15, 0.2) is 0 Å². The number of carbonyl (C=O) groups excluding carboxylic acids is 1. The number of amides is 1. The van der Waals surface area contributed by atoms with E-state index in [0.29, 0.717) is 28.6 Å².